The average molecular weight is 229 g/mol. The van der Waals surface area contributed by atoms with Crippen molar-refractivity contribution in [3.63, 3.8) is 0 Å². The van der Waals surface area contributed by atoms with Crippen molar-refractivity contribution in [2.24, 2.45) is 5.84 Å². The van der Waals surface area contributed by atoms with E-state index >= 15 is 0 Å². The van der Waals surface area contributed by atoms with Crippen LogP contribution in [0.5, 0.6) is 5.75 Å². The first-order chi connectivity index (χ1) is 7.17. The predicted molar refractivity (Wildman–Crippen MR) is 62.9 cm³/mol. The molecule has 0 aliphatic heterocycles. The number of hydrogen-bond donors (Lipinski definition) is 2. The molecular formula is C11H17ClN2O. The van der Waals surface area contributed by atoms with Gasteiger partial charge in [0, 0.05) is 5.02 Å². The lowest BCUT2D eigenvalue weighted by Gasteiger charge is -2.23. The SMILES string of the molecule is CCC(NN)C(C)Oc1cccc(Cl)c1. The summed E-state index contributed by atoms with van der Waals surface area (Å²) in [5.74, 6) is 6.18. The zero-order valence-electron chi connectivity index (χ0n) is 9.03. The van der Waals surface area contributed by atoms with Crippen molar-refractivity contribution < 1.29 is 4.74 Å². The van der Waals surface area contributed by atoms with Crippen molar-refractivity contribution in [1.29, 1.82) is 0 Å². The second-order valence-corrected chi connectivity index (χ2v) is 3.90. The van der Waals surface area contributed by atoms with Gasteiger partial charge in [0.05, 0.1) is 6.04 Å². The van der Waals surface area contributed by atoms with E-state index in [1.165, 1.54) is 0 Å². The molecule has 1 aromatic carbocycles. The third-order valence-electron chi connectivity index (χ3n) is 2.34. The predicted octanol–water partition coefficient (Wildman–Crippen LogP) is 2.35. The standard InChI is InChI=1S/C11H17ClN2O/c1-3-11(14-13)8(2)15-10-6-4-5-9(12)7-10/h4-8,11,14H,3,13H2,1-2H3. The fraction of sp³-hybridized carbons (Fsp3) is 0.455. The Morgan fingerprint density at radius 3 is 2.80 bits per heavy atom. The van der Waals surface area contributed by atoms with Gasteiger partial charge in [-0.25, -0.2) is 0 Å². The van der Waals surface area contributed by atoms with Gasteiger partial charge < -0.3 is 4.74 Å². The minimum absolute atomic E-state index is 0.0125. The summed E-state index contributed by atoms with van der Waals surface area (Å²) in [6.45, 7) is 4.04. The van der Waals surface area contributed by atoms with Crippen LogP contribution in [0.25, 0.3) is 0 Å². The van der Waals surface area contributed by atoms with Crippen molar-refractivity contribution in [2.75, 3.05) is 0 Å². The minimum Gasteiger partial charge on any atom is -0.489 e. The van der Waals surface area contributed by atoms with E-state index in [1.807, 2.05) is 25.1 Å². The topological polar surface area (TPSA) is 47.3 Å². The summed E-state index contributed by atoms with van der Waals surface area (Å²) in [7, 11) is 0. The lowest BCUT2D eigenvalue weighted by molar-refractivity contribution is 0.167. The van der Waals surface area contributed by atoms with Crippen molar-refractivity contribution in [3.8, 4) is 5.75 Å². The molecule has 0 saturated heterocycles. The Balaban J connectivity index is 2.61. The summed E-state index contributed by atoms with van der Waals surface area (Å²) in [5.41, 5.74) is 2.73. The van der Waals surface area contributed by atoms with Crippen molar-refractivity contribution in [1.82, 2.24) is 5.43 Å². The summed E-state index contributed by atoms with van der Waals surface area (Å²) in [5, 5.41) is 0.674. The van der Waals surface area contributed by atoms with Crippen LogP contribution < -0.4 is 16.0 Å². The number of rotatable bonds is 5. The third kappa shape index (κ3) is 3.70. The minimum atomic E-state index is 0.0125. The molecule has 4 heteroatoms. The van der Waals surface area contributed by atoms with Crippen LogP contribution in [-0.2, 0) is 0 Å². The molecule has 0 aromatic heterocycles. The Kier molecular flexibility index (Phi) is 4.88. The Hall–Kier alpha value is -0.770. The van der Waals surface area contributed by atoms with E-state index in [1.54, 1.807) is 6.07 Å². The number of hydrazine groups is 1. The monoisotopic (exact) mass is 228 g/mol. The molecule has 0 heterocycles. The van der Waals surface area contributed by atoms with Gasteiger partial charge in [0.25, 0.3) is 0 Å². The molecule has 1 aromatic rings. The maximum atomic E-state index is 5.86. The lowest BCUT2D eigenvalue weighted by atomic mass is 10.1. The van der Waals surface area contributed by atoms with Gasteiger partial charge in [-0.1, -0.05) is 24.6 Å². The molecule has 0 amide bonds. The molecule has 3 N–H and O–H groups in total. The van der Waals surface area contributed by atoms with E-state index in [4.69, 9.17) is 22.2 Å². The molecule has 0 bridgehead atoms. The first kappa shape index (κ1) is 12.3. The van der Waals surface area contributed by atoms with Crippen LogP contribution in [0.3, 0.4) is 0 Å². The molecule has 1 rings (SSSR count). The fourth-order valence-corrected chi connectivity index (χ4v) is 1.60. The van der Waals surface area contributed by atoms with E-state index in [0.717, 1.165) is 12.2 Å². The average Bonchev–Trinajstić information content (AvgIpc) is 2.19. The van der Waals surface area contributed by atoms with Crippen LogP contribution >= 0.6 is 11.6 Å². The Morgan fingerprint density at radius 1 is 1.53 bits per heavy atom. The highest BCUT2D eigenvalue weighted by molar-refractivity contribution is 6.30. The molecule has 0 saturated carbocycles. The summed E-state index contributed by atoms with van der Waals surface area (Å²) in [4.78, 5) is 0. The van der Waals surface area contributed by atoms with Crippen LogP contribution in [0.1, 0.15) is 20.3 Å². The molecule has 0 aliphatic carbocycles. The quantitative estimate of drug-likeness (QED) is 0.601. The first-order valence-electron chi connectivity index (χ1n) is 5.05. The van der Waals surface area contributed by atoms with Crippen LogP contribution in [0.4, 0.5) is 0 Å². The van der Waals surface area contributed by atoms with E-state index in [0.29, 0.717) is 5.02 Å². The molecule has 0 radical (unpaired) electrons. The molecule has 15 heavy (non-hydrogen) atoms. The Morgan fingerprint density at radius 2 is 2.27 bits per heavy atom. The zero-order valence-corrected chi connectivity index (χ0v) is 9.79. The van der Waals surface area contributed by atoms with Gasteiger partial charge in [-0.2, -0.15) is 0 Å². The molecule has 0 fully saturated rings. The molecule has 84 valence electrons. The van der Waals surface area contributed by atoms with Gasteiger partial charge in [-0.3, -0.25) is 11.3 Å². The number of nitrogens with one attached hydrogen (secondary N) is 1. The molecule has 2 atom stereocenters. The highest BCUT2D eigenvalue weighted by Gasteiger charge is 2.15. The number of hydrogen-bond acceptors (Lipinski definition) is 3. The summed E-state index contributed by atoms with van der Waals surface area (Å²) in [6, 6.07) is 7.50. The Bertz CT molecular complexity index is 302. The fourth-order valence-electron chi connectivity index (χ4n) is 1.42. The number of benzene rings is 1. The number of halogens is 1. The molecule has 0 aliphatic rings. The Labute approximate surface area is 95.5 Å². The van der Waals surface area contributed by atoms with E-state index < -0.39 is 0 Å². The van der Waals surface area contributed by atoms with Crippen LogP contribution in [-0.4, -0.2) is 12.1 Å². The second-order valence-electron chi connectivity index (χ2n) is 3.46. The summed E-state index contributed by atoms with van der Waals surface area (Å²) in [6.07, 6.45) is 0.927. The van der Waals surface area contributed by atoms with Gasteiger partial charge >= 0.3 is 0 Å². The third-order valence-corrected chi connectivity index (χ3v) is 2.57. The highest BCUT2D eigenvalue weighted by atomic mass is 35.5. The maximum absolute atomic E-state index is 5.86. The largest absolute Gasteiger partial charge is 0.489 e. The molecule has 3 nitrogen and oxygen atoms in total. The number of nitrogens with two attached hydrogens (primary N) is 1. The normalized spacial score (nSPS) is 14.7. The molecular weight excluding hydrogens is 212 g/mol. The van der Waals surface area contributed by atoms with E-state index in [9.17, 15) is 0 Å². The van der Waals surface area contributed by atoms with Crippen LogP contribution in [0, 0.1) is 0 Å². The van der Waals surface area contributed by atoms with Crippen molar-refractivity contribution >= 4 is 11.6 Å². The lowest BCUT2D eigenvalue weighted by Crippen LogP contribution is -2.44. The van der Waals surface area contributed by atoms with Gasteiger partial charge in [0.1, 0.15) is 11.9 Å². The summed E-state index contributed by atoms with van der Waals surface area (Å²) >= 11 is 5.86. The highest BCUT2D eigenvalue weighted by Crippen LogP contribution is 2.19. The number of ether oxygens (including phenoxy) is 1. The smallest absolute Gasteiger partial charge is 0.121 e. The van der Waals surface area contributed by atoms with Crippen LogP contribution in [0.15, 0.2) is 24.3 Å². The van der Waals surface area contributed by atoms with E-state index in [2.05, 4.69) is 12.3 Å². The van der Waals surface area contributed by atoms with Gasteiger partial charge in [-0.05, 0) is 31.5 Å². The van der Waals surface area contributed by atoms with Crippen molar-refractivity contribution in [3.05, 3.63) is 29.3 Å². The molecule has 0 spiro atoms. The van der Waals surface area contributed by atoms with Crippen LogP contribution in [0.2, 0.25) is 5.02 Å². The molecule has 2 unspecified atom stereocenters. The van der Waals surface area contributed by atoms with Gasteiger partial charge in [0.15, 0.2) is 0 Å². The summed E-state index contributed by atoms with van der Waals surface area (Å²) < 4.78 is 5.71. The maximum Gasteiger partial charge on any atom is 0.121 e. The van der Waals surface area contributed by atoms with E-state index in [-0.39, 0.29) is 12.1 Å². The second kappa shape index (κ2) is 5.95. The first-order valence-corrected chi connectivity index (χ1v) is 5.43. The van der Waals surface area contributed by atoms with Gasteiger partial charge in [-0.15, -0.1) is 0 Å². The zero-order chi connectivity index (χ0) is 11.3. The van der Waals surface area contributed by atoms with Crippen molar-refractivity contribution in [2.45, 2.75) is 32.4 Å². The van der Waals surface area contributed by atoms with Gasteiger partial charge in [0.2, 0.25) is 0 Å².